The number of ketones is 2. The summed E-state index contributed by atoms with van der Waals surface area (Å²) in [5.41, 5.74) is 3.26. The fraction of sp³-hybridized carbons (Fsp3) is 0.704. The molecule has 3 heteroatoms. The average Bonchev–Trinajstić information content (AvgIpc) is 3.40. The van der Waals surface area contributed by atoms with Crippen LogP contribution in [0.5, 0.6) is 0 Å². The quantitative estimate of drug-likeness (QED) is 0.531. The van der Waals surface area contributed by atoms with Crippen LogP contribution >= 0.6 is 0 Å². The van der Waals surface area contributed by atoms with Crippen LogP contribution < -0.4 is 5.32 Å². The summed E-state index contributed by atoms with van der Waals surface area (Å²) < 4.78 is 0. The maximum Gasteiger partial charge on any atom is 0.168 e. The van der Waals surface area contributed by atoms with Gasteiger partial charge in [-0.15, -0.1) is 0 Å². The molecule has 1 heterocycles. The normalized spacial score (nSPS) is 30.7. The second-order valence-electron chi connectivity index (χ2n) is 8.91. The highest BCUT2D eigenvalue weighted by Gasteiger charge is 2.44. The van der Waals surface area contributed by atoms with Crippen molar-refractivity contribution in [2.24, 2.45) is 23.7 Å². The van der Waals surface area contributed by atoms with Crippen LogP contribution in [0.4, 0.5) is 0 Å². The van der Waals surface area contributed by atoms with Crippen LogP contribution in [0.1, 0.15) is 92.9 Å². The number of nitrogens with one attached hydrogen (secondary N) is 1. The molecule has 0 bridgehead atoms. The lowest BCUT2D eigenvalue weighted by Gasteiger charge is -2.26. The van der Waals surface area contributed by atoms with Gasteiger partial charge in [0, 0.05) is 23.2 Å². The summed E-state index contributed by atoms with van der Waals surface area (Å²) in [6, 6.07) is 0.314. The average molecular weight is 414 g/mol. The van der Waals surface area contributed by atoms with Crippen LogP contribution in [-0.2, 0) is 9.59 Å². The Balaban J connectivity index is 0.000000757. The summed E-state index contributed by atoms with van der Waals surface area (Å²) in [5.74, 6) is 1.62. The summed E-state index contributed by atoms with van der Waals surface area (Å²) in [7, 11) is 0. The number of carbonyl (C=O) groups is 2. The molecule has 0 spiro atoms. The molecule has 0 aromatic rings. The van der Waals surface area contributed by atoms with E-state index in [0.29, 0.717) is 12.0 Å². The Labute approximate surface area is 184 Å². The molecule has 30 heavy (non-hydrogen) atoms. The van der Waals surface area contributed by atoms with Crippen LogP contribution in [0.25, 0.3) is 0 Å². The third-order valence-electron chi connectivity index (χ3n) is 6.95. The van der Waals surface area contributed by atoms with Crippen molar-refractivity contribution < 1.29 is 9.59 Å². The molecule has 4 rings (SSSR count). The van der Waals surface area contributed by atoms with Crippen molar-refractivity contribution in [1.29, 1.82) is 0 Å². The van der Waals surface area contributed by atoms with Gasteiger partial charge >= 0.3 is 0 Å². The SMILES string of the molecule is CC.CC.CC1C=CC(CC2C3=C(NC2CC2CCCC2)C(C)C(=O)CC3=O)=CC1. The van der Waals surface area contributed by atoms with Crippen molar-refractivity contribution in [3.8, 4) is 0 Å². The van der Waals surface area contributed by atoms with Crippen molar-refractivity contribution >= 4 is 11.6 Å². The van der Waals surface area contributed by atoms with Crippen LogP contribution in [0.3, 0.4) is 0 Å². The van der Waals surface area contributed by atoms with Crippen LogP contribution in [0.2, 0.25) is 0 Å². The molecule has 0 radical (unpaired) electrons. The molecule has 4 aliphatic rings. The minimum atomic E-state index is -0.144. The lowest BCUT2D eigenvalue weighted by molar-refractivity contribution is -0.128. The minimum Gasteiger partial charge on any atom is -0.384 e. The van der Waals surface area contributed by atoms with E-state index in [2.05, 4.69) is 30.5 Å². The zero-order valence-electron chi connectivity index (χ0n) is 20.1. The topological polar surface area (TPSA) is 46.2 Å². The van der Waals surface area contributed by atoms with Gasteiger partial charge in [-0.05, 0) is 38.0 Å². The summed E-state index contributed by atoms with van der Waals surface area (Å²) in [4.78, 5) is 25.0. The predicted octanol–water partition coefficient (Wildman–Crippen LogP) is 6.55. The summed E-state index contributed by atoms with van der Waals surface area (Å²) in [6.45, 7) is 12.2. The molecule has 168 valence electrons. The third kappa shape index (κ3) is 5.53. The molecule has 1 fully saturated rings. The zero-order valence-corrected chi connectivity index (χ0v) is 20.1. The minimum absolute atomic E-state index is 0.0725. The predicted molar refractivity (Wildman–Crippen MR) is 126 cm³/mol. The standard InChI is InChI=1S/C23H31NO2.2C2H6/c1-14-7-9-17(10-8-14)11-18-19(12-16-5-3-4-6-16)24-23-15(2)20(25)13-21(26)22(18)23;2*1-2/h7,9-10,14-16,18-19,24H,3-6,8,11-13H2,1-2H3;2*1-2H3. The molecule has 3 aliphatic carbocycles. The molecule has 0 aromatic carbocycles. The molecule has 0 aromatic heterocycles. The van der Waals surface area contributed by atoms with Crippen LogP contribution in [0, 0.1) is 23.7 Å². The zero-order chi connectivity index (χ0) is 22.3. The monoisotopic (exact) mass is 413 g/mol. The van der Waals surface area contributed by atoms with Crippen molar-refractivity contribution in [2.75, 3.05) is 0 Å². The number of hydrogen-bond donors (Lipinski definition) is 1. The molecule has 1 saturated carbocycles. The molecular formula is C27H43NO2. The first-order chi connectivity index (χ1) is 14.5. The van der Waals surface area contributed by atoms with Crippen molar-refractivity contribution in [3.05, 3.63) is 35.1 Å². The van der Waals surface area contributed by atoms with Gasteiger partial charge in [-0.3, -0.25) is 9.59 Å². The van der Waals surface area contributed by atoms with Crippen molar-refractivity contribution in [1.82, 2.24) is 5.32 Å². The second-order valence-corrected chi connectivity index (χ2v) is 8.91. The van der Waals surface area contributed by atoms with E-state index in [1.165, 1.54) is 31.3 Å². The number of hydrogen-bond acceptors (Lipinski definition) is 3. The molecule has 1 aliphatic heterocycles. The molecular weight excluding hydrogens is 370 g/mol. The summed E-state index contributed by atoms with van der Waals surface area (Å²) >= 11 is 0. The summed E-state index contributed by atoms with van der Waals surface area (Å²) in [5, 5.41) is 3.67. The number of allylic oxidation sites excluding steroid dienone is 5. The van der Waals surface area contributed by atoms with E-state index < -0.39 is 0 Å². The second kappa shape index (κ2) is 11.7. The van der Waals surface area contributed by atoms with Gasteiger partial charge in [-0.1, -0.05) is 84.1 Å². The Morgan fingerprint density at radius 1 is 1.03 bits per heavy atom. The third-order valence-corrected chi connectivity index (χ3v) is 6.95. The molecule has 0 saturated heterocycles. The first-order valence-electron chi connectivity index (χ1n) is 12.5. The lowest BCUT2D eigenvalue weighted by atomic mass is 9.77. The van der Waals surface area contributed by atoms with Crippen molar-refractivity contribution in [2.45, 2.75) is 99.0 Å². The first kappa shape index (κ1) is 24.6. The van der Waals surface area contributed by atoms with E-state index in [1.807, 2.05) is 34.6 Å². The highest BCUT2D eigenvalue weighted by molar-refractivity contribution is 6.13. The number of rotatable bonds is 4. The summed E-state index contributed by atoms with van der Waals surface area (Å²) in [6.07, 6.45) is 15.5. The highest BCUT2D eigenvalue weighted by Crippen LogP contribution is 2.43. The Morgan fingerprint density at radius 3 is 2.30 bits per heavy atom. The smallest absolute Gasteiger partial charge is 0.168 e. The molecule has 3 nitrogen and oxygen atoms in total. The largest absolute Gasteiger partial charge is 0.384 e. The molecule has 1 N–H and O–H groups in total. The highest BCUT2D eigenvalue weighted by atomic mass is 16.1. The Hall–Kier alpha value is -1.64. The van der Waals surface area contributed by atoms with E-state index in [1.54, 1.807) is 0 Å². The van der Waals surface area contributed by atoms with E-state index in [-0.39, 0.29) is 29.8 Å². The Bertz CT molecular complexity index is 694. The van der Waals surface area contributed by atoms with Crippen LogP contribution in [0.15, 0.2) is 35.1 Å². The number of carbonyl (C=O) groups excluding carboxylic acids is 2. The molecule has 4 unspecified atom stereocenters. The van der Waals surface area contributed by atoms with Crippen LogP contribution in [-0.4, -0.2) is 17.6 Å². The van der Waals surface area contributed by atoms with Gasteiger partial charge in [-0.2, -0.15) is 0 Å². The van der Waals surface area contributed by atoms with Crippen molar-refractivity contribution in [3.63, 3.8) is 0 Å². The number of Topliss-reactive ketones (excluding diaryl/α,β-unsaturated/α-hetero) is 2. The molecule has 0 amide bonds. The van der Waals surface area contributed by atoms with Gasteiger partial charge in [0.1, 0.15) is 5.78 Å². The lowest BCUT2D eigenvalue weighted by Crippen LogP contribution is -2.33. The Morgan fingerprint density at radius 2 is 1.70 bits per heavy atom. The van der Waals surface area contributed by atoms with Gasteiger partial charge in [0.05, 0.1) is 12.3 Å². The van der Waals surface area contributed by atoms with E-state index in [4.69, 9.17) is 0 Å². The maximum absolute atomic E-state index is 12.8. The van der Waals surface area contributed by atoms with Gasteiger partial charge < -0.3 is 5.32 Å². The van der Waals surface area contributed by atoms with E-state index in [0.717, 1.165) is 36.5 Å². The fourth-order valence-electron chi connectivity index (χ4n) is 5.31. The first-order valence-corrected chi connectivity index (χ1v) is 12.5. The van der Waals surface area contributed by atoms with Gasteiger partial charge in [0.15, 0.2) is 5.78 Å². The van der Waals surface area contributed by atoms with E-state index in [9.17, 15) is 9.59 Å². The van der Waals surface area contributed by atoms with Gasteiger partial charge in [-0.25, -0.2) is 0 Å². The Kier molecular flexibility index (Phi) is 9.58. The van der Waals surface area contributed by atoms with Gasteiger partial charge in [0.25, 0.3) is 0 Å². The van der Waals surface area contributed by atoms with E-state index >= 15 is 0 Å². The fourth-order valence-corrected chi connectivity index (χ4v) is 5.31. The maximum atomic E-state index is 12.8. The molecule has 4 atom stereocenters. The van der Waals surface area contributed by atoms with Gasteiger partial charge in [0.2, 0.25) is 0 Å².